The number of nitrogens with one attached hydrogen (secondary N) is 1. The SMILES string of the molecule is O=C(C[S@](=O)c1cccs1)NCc1ccco1. The Balaban J connectivity index is 1.80. The molecule has 2 aromatic rings. The van der Waals surface area contributed by atoms with Crippen LogP contribution in [0.1, 0.15) is 5.76 Å². The lowest BCUT2D eigenvalue weighted by molar-refractivity contribution is -0.118. The van der Waals surface area contributed by atoms with E-state index < -0.39 is 10.8 Å². The highest BCUT2D eigenvalue weighted by atomic mass is 32.2. The second-order valence-electron chi connectivity index (χ2n) is 3.28. The summed E-state index contributed by atoms with van der Waals surface area (Å²) in [5.74, 6) is 0.426. The molecule has 0 radical (unpaired) electrons. The highest BCUT2D eigenvalue weighted by molar-refractivity contribution is 7.88. The van der Waals surface area contributed by atoms with Crippen molar-refractivity contribution in [2.45, 2.75) is 10.8 Å². The van der Waals surface area contributed by atoms with Crippen LogP contribution in [0.15, 0.2) is 44.5 Å². The third kappa shape index (κ3) is 3.54. The van der Waals surface area contributed by atoms with E-state index in [0.29, 0.717) is 12.3 Å². The summed E-state index contributed by atoms with van der Waals surface area (Å²) >= 11 is 1.39. The van der Waals surface area contributed by atoms with E-state index in [1.165, 1.54) is 11.3 Å². The summed E-state index contributed by atoms with van der Waals surface area (Å²) < 4.78 is 17.5. The summed E-state index contributed by atoms with van der Waals surface area (Å²) in [5.41, 5.74) is 0. The Morgan fingerprint density at radius 1 is 1.41 bits per heavy atom. The average Bonchev–Trinajstić information content (AvgIpc) is 2.99. The van der Waals surface area contributed by atoms with E-state index in [9.17, 15) is 9.00 Å². The van der Waals surface area contributed by atoms with Crippen LogP contribution in [0.5, 0.6) is 0 Å². The molecule has 1 N–H and O–H groups in total. The molecule has 0 unspecified atom stereocenters. The van der Waals surface area contributed by atoms with Crippen LogP contribution in [0.3, 0.4) is 0 Å². The zero-order chi connectivity index (χ0) is 12.1. The first-order chi connectivity index (χ1) is 8.25. The molecule has 0 aromatic carbocycles. The zero-order valence-electron chi connectivity index (χ0n) is 8.92. The van der Waals surface area contributed by atoms with Crippen molar-refractivity contribution in [1.29, 1.82) is 0 Å². The molecular weight excluding hydrogens is 258 g/mol. The van der Waals surface area contributed by atoms with Gasteiger partial charge in [-0.1, -0.05) is 6.07 Å². The quantitative estimate of drug-likeness (QED) is 0.900. The van der Waals surface area contributed by atoms with Crippen molar-refractivity contribution >= 4 is 28.0 Å². The molecule has 0 bridgehead atoms. The van der Waals surface area contributed by atoms with Gasteiger partial charge in [0.2, 0.25) is 5.91 Å². The maximum Gasteiger partial charge on any atom is 0.233 e. The molecule has 2 aromatic heterocycles. The number of rotatable bonds is 5. The molecule has 0 saturated carbocycles. The third-order valence-electron chi connectivity index (χ3n) is 2.02. The van der Waals surface area contributed by atoms with Gasteiger partial charge in [-0.25, -0.2) is 0 Å². The molecule has 6 heteroatoms. The summed E-state index contributed by atoms with van der Waals surface area (Å²) in [4.78, 5) is 11.5. The number of carbonyl (C=O) groups is 1. The fraction of sp³-hybridized carbons (Fsp3) is 0.182. The van der Waals surface area contributed by atoms with Crippen LogP contribution in [0.2, 0.25) is 0 Å². The fourth-order valence-electron chi connectivity index (χ4n) is 1.23. The monoisotopic (exact) mass is 269 g/mol. The van der Waals surface area contributed by atoms with Crippen molar-refractivity contribution in [2.24, 2.45) is 0 Å². The summed E-state index contributed by atoms with van der Waals surface area (Å²) in [6.07, 6.45) is 1.55. The normalized spacial score (nSPS) is 12.2. The van der Waals surface area contributed by atoms with Crippen LogP contribution in [-0.2, 0) is 22.1 Å². The maximum atomic E-state index is 11.7. The summed E-state index contributed by atoms with van der Waals surface area (Å²) in [6.45, 7) is 0.327. The Hall–Kier alpha value is -1.40. The molecule has 2 heterocycles. The Kier molecular flexibility index (Phi) is 4.11. The molecule has 2 rings (SSSR count). The Morgan fingerprint density at radius 2 is 2.29 bits per heavy atom. The minimum absolute atomic E-state index is 0.0127. The van der Waals surface area contributed by atoms with Crippen molar-refractivity contribution in [3.05, 3.63) is 41.7 Å². The van der Waals surface area contributed by atoms with Gasteiger partial charge in [-0.3, -0.25) is 9.00 Å². The third-order valence-corrected chi connectivity index (χ3v) is 4.64. The smallest absolute Gasteiger partial charge is 0.233 e. The molecular formula is C11H11NO3S2. The number of hydrogen-bond acceptors (Lipinski definition) is 4. The number of hydrogen-bond donors (Lipinski definition) is 1. The van der Waals surface area contributed by atoms with Gasteiger partial charge in [0.25, 0.3) is 0 Å². The van der Waals surface area contributed by atoms with Crippen LogP contribution >= 0.6 is 11.3 Å². The van der Waals surface area contributed by atoms with Gasteiger partial charge < -0.3 is 9.73 Å². The number of carbonyl (C=O) groups excluding carboxylic acids is 1. The predicted octanol–water partition coefficient (Wildman–Crippen LogP) is 1.77. The van der Waals surface area contributed by atoms with Gasteiger partial charge in [-0.05, 0) is 23.6 Å². The lowest BCUT2D eigenvalue weighted by Gasteiger charge is -2.02. The minimum atomic E-state index is -1.25. The van der Waals surface area contributed by atoms with Crippen LogP contribution < -0.4 is 5.32 Å². The Labute approximate surface area is 105 Å². The standard InChI is InChI=1S/C11H11NO3S2/c13-10(12-7-9-3-1-5-15-9)8-17(14)11-4-2-6-16-11/h1-6H,7-8H2,(H,12,13)/t17-/m0/s1. The van der Waals surface area contributed by atoms with E-state index in [1.807, 2.05) is 11.4 Å². The summed E-state index contributed by atoms with van der Waals surface area (Å²) in [6, 6.07) is 7.11. The molecule has 0 aliphatic heterocycles. The highest BCUT2D eigenvalue weighted by Gasteiger charge is 2.10. The summed E-state index contributed by atoms with van der Waals surface area (Å²) in [5, 5.41) is 4.50. The molecule has 1 amide bonds. The van der Waals surface area contributed by atoms with E-state index >= 15 is 0 Å². The van der Waals surface area contributed by atoms with Gasteiger partial charge in [0.05, 0.1) is 27.8 Å². The number of furan rings is 1. The number of thiophene rings is 1. The van der Waals surface area contributed by atoms with Crippen LogP contribution in [0.25, 0.3) is 0 Å². The molecule has 4 nitrogen and oxygen atoms in total. The largest absolute Gasteiger partial charge is 0.467 e. The van der Waals surface area contributed by atoms with Crippen molar-refractivity contribution < 1.29 is 13.4 Å². The Bertz CT molecular complexity index is 491. The van der Waals surface area contributed by atoms with Crippen molar-refractivity contribution in [2.75, 3.05) is 5.75 Å². The first-order valence-electron chi connectivity index (χ1n) is 4.96. The molecule has 1 atom stereocenters. The van der Waals surface area contributed by atoms with E-state index in [4.69, 9.17) is 4.42 Å². The van der Waals surface area contributed by atoms with Crippen molar-refractivity contribution in [3.63, 3.8) is 0 Å². The lowest BCUT2D eigenvalue weighted by atomic mass is 10.4. The molecule has 0 aliphatic rings. The molecule has 0 aliphatic carbocycles. The maximum absolute atomic E-state index is 11.7. The van der Waals surface area contributed by atoms with E-state index in [2.05, 4.69) is 5.32 Å². The predicted molar refractivity (Wildman–Crippen MR) is 66.1 cm³/mol. The van der Waals surface area contributed by atoms with Gasteiger partial charge in [0, 0.05) is 0 Å². The lowest BCUT2D eigenvalue weighted by Crippen LogP contribution is -2.27. The van der Waals surface area contributed by atoms with E-state index in [1.54, 1.807) is 24.5 Å². The van der Waals surface area contributed by atoms with E-state index in [0.717, 1.165) is 4.21 Å². The van der Waals surface area contributed by atoms with Gasteiger partial charge in [0.1, 0.15) is 11.5 Å². The first-order valence-corrected chi connectivity index (χ1v) is 7.16. The highest BCUT2D eigenvalue weighted by Crippen LogP contribution is 2.13. The fourth-order valence-corrected chi connectivity index (χ4v) is 3.17. The molecule has 17 heavy (non-hydrogen) atoms. The molecule has 90 valence electrons. The minimum Gasteiger partial charge on any atom is -0.467 e. The number of amides is 1. The second-order valence-corrected chi connectivity index (χ2v) is 5.90. The zero-order valence-corrected chi connectivity index (χ0v) is 10.6. The van der Waals surface area contributed by atoms with Crippen LogP contribution in [-0.4, -0.2) is 15.9 Å². The Morgan fingerprint density at radius 3 is 2.94 bits per heavy atom. The van der Waals surface area contributed by atoms with Gasteiger partial charge in [-0.15, -0.1) is 11.3 Å². The topological polar surface area (TPSA) is 59.3 Å². The summed E-state index contributed by atoms with van der Waals surface area (Å²) in [7, 11) is -1.25. The molecule has 0 spiro atoms. The van der Waals surface area contributed by atoms with Crippen LogP contribution in [0, 0.1) is 0 Å². The van der Waals surface area contributed by atoms with Gasteiger partial charge in [-0.2, -0.15) is 0 Å². The van der Waals surface area contributed by atoms with Crippen LogP contribution in [0.4, 0.5) is 0 Å². The van der Waals surface area contributed by atoms with Gasteiger partial charge in [0.15, 0.2) is 0 Å². The van der Waals surface area contributed by atoms with E-state index in [-0.39, 0.29) is 11.7 Å². The second kappa shape index (κ2) is 5.79. The molecule has 0 fully saturated rings. The molecule has 0 saturated heterocycles. The van der Waals surface area contributed by atoms with Crippen molar-refractivity contribution in [3.8, 4) is 0 Å². The average molecular weight is 269 g/mol. The van der Waals surface area contributed by atoms with Crippen molar-refractivity contribution in [1.82, 2.24) is 5.32 Å². The first kappa shape index (κ1) is 12.1. The van der Waals surface area contributed by atoms with Gasteiger partial charge >= 0.3 is 0 Å².